The van der Waals surface area contributed by atoms with Crippen molar-refractivity contribution in [3.63, 3.8) is 0 Å². The largest absolute Gasteiger partial charge is 0.384 e. The van der Waals surface area contributed by atoms with Crippen molar-refractivity contribution in [1.29, 1.82) is 0 Å². The zero-order chi connectivity index (χ0) is 22.4. The first kappa shape index (κ1) is 20.9. The van der Waals surface area contributed by atoms with Crippen LogP contribution in [0.3, 0.4) is 0 Å². The fourth-order valence-corrected chi connectivity index (χ4v) is 4.69. The van der Waals surface area contributed by atoms with Gasteiger partial charge in [-0.25, -0.2) is 9.37 Å². The average molecular weight is 438 g/mol. The van der Waals surface area contributed by atoms with Crippen LogP contribution in [0.5, 0.6) is 0 Å². The summed E-state index contributed by atoms with van der Waals surface area (Å²) in [5.41, 5.74) is 3.32. The minimum absolute atomic E-state index is 0.00278. The number of benzene rings is 1. The molecule has 2 atom stereocenters. The normalized spacial score (nSPS) is 20.8. The Balaban J connectivity index is 1.40. The van der Waals surface area contributed by atoms with Crippen molar-refractivity contribution in [3.8, 4) is 11.3 Å². The van der Waals surface area contributed by atoms with Gasteiger partial charge in [-0.15, -0.1) is 0 Å². The molecule has 5 rings (SSSR count). The van der Waals surface area contributed by atoms with E-state index in [4.69, 9.17) is 9.72 Å². The number of ether oxygens (including phenoxy) is 1. The lowest BCUT2D eigenvalue weighted by Crippen LogP contribution is -2.29. The van der Waals surface area contributed by atoms with Crippen LogP contribution in [0.15, 0.2) is 30.3 Å². The number of nitrogens with one attached hydrogen (secondary N) is 1. The fourth-order valence-electron chi connectivity index (χ4n) is 4.69. The number of amides is 1. The maximum absolute atomic E-state index is 13.5. The zero-order valence-corrected chi connectivity index (χ0v) is 18.6. The highest BCUT2D eigenvalue weighted by Crippen LogP contribution is 2.39. The summed E-state index contributed by atoms with van der Waals surface area (Å²) in [6.07, 6.45) is 2.30. The van der Waals surface area contributed by atoms with E-state index in [0.29, 0.717) is 31.2 Å². The number of carbonyl (C=O) groups excluding carboxylic acids is 1. The Morgan fingerprint density at radius 3 is 2.69 bits per heavy atom. The molecule has 1 N–H and O–H groups in total. The Morgan fingerprint density at radius 1 is 1.25 bits per heavy atom. The smallest absolute Gasteiger partial charge is 0.255 e. The minimum Gasteiger partial charge on any atom is -0.384 e. The summed E-state index contributed by atoms with van der Waals surface area (Å²) in [4.78, 5) is 20.2. The van der Waals surface area contributed by atoms with Gasteiger partial charge in [0.05, 0.1) is 12.2 Å². The molecule has 1 aromatic carbocycles. The first-order chi connectivity index (χ1) is 15.5. The van der Waals surface area contributed by atoms with Gasteiger partial charge in [0, 0.05) is 56.4 Å². The van der Waals surface area contributed by atoms with E-state index in [1.165, 1.54) is 12.1 Å². The second-order valence-electron chi connectivity index (χ2n) is 8.98. The van der Waals surface area contributed by atoms with Gasteiger partial charge in [-0.05, 0) is 55.7 Å². The maximum atomic E-state index is 13.5. The Bertz CT molecular complexity index is 1130. The Labute approximate surface area is 186 Å². The van der Waals surface area contributed by atoms with Crippen molar-refractivity contribution in [2.24, 2.45) is 13.0 Å². The molecule has 1 amide bonds. The highest BCUT2D eigenvalue weighted by molar-refractivity contribution is 5.97. The van der Waals surface area contributed by atoms with Crippen LogP contribution in [0.25, 0.3) is 11.3 Å². The van der Waals surface area contributed by atoms with E-state index in [9.17, 15) is 9.18 Å². The molecular formula is C24H28FN5O2. The van der Waals surface area contributed by atoms with E-state index in [0.717, 1.165) is 41.4 Å². The van der Waals surface area contributed by atoms with E-state index in [1.54, 1.807) is 19.2 Å². The predicted molar refractivity (Wildman–Crippen MR) is 118 cm³/mol. The number of rotatable bonds is 6. The zero-order valence-electron chi connectivity index (χ0n) is 18.6. The molecule has 1 aliphatic heterocycles. The molecule has 0 radical (unpaired) electrons. The van der Waals surface area contributed by atoms with Gasteiger partial charge >= 0.3 is 0 Å². The molecule has 1 saturated heterocycles. The second kappa shape index (κ2) is 8.16. The number of H-pyrrole nitrogens is 1. The van der Waals surface area contributed by atoms with Gasteiger partial charge in [0.1, 0.15) is 11.6 Å². The van der Waals surface area contributed by atoms with Gasteiger partial charge in [-0.2, -0.15) is 5.10 Å². The summed E-state index contributed by atoms with van der Waals surface area (Å²) < 4.78 is 20.8. The SMILES string of the molecule is COCC1CN(C(=O)c2cc(-c3ccc(F)cc3)n(C)c2C)CC1c1nc(C2CC2)n[nH]1. The van der Waals surface area contributed by atoms with Gasteiger partial charge < -0.3 is 14.2 Å². The molecule has 0 spiro atoms. The summed E-state index contributed by atoms with van der Waals surface area (Å²) in [6.45, 7) is 3.69. The summed E-state index contributed by atoms with van der Waals surface area (Å²) in [5.74, 6) is 2.17. The Morgan fingerprint density at radius 2 is 2.00 bits per heavy atom. The molecule has 2 aromatic heterocycles. The summed E-state index contributed by atoms with van der Waals surface area (Å²) in [5, 5.41) is 7.52. The first-order valence-corrected chi connectivity index (χ1v) is 11.1. The van der Waals surface area contributed by atoms with E-state index in [1.807, 2.05) is 29.5 Å². The van der Waals surface area contributed by atoms with Crippen LogP contribution in [0.2, 0.25) is 0 Å². The van der Waals surface area contributed by atoms with Gasteiger partial charge in [-0.3, -0.25) is 9.89 Å². The third kappa shape index (κ3) is 3.72. The maximum Gasteiger partial charge on any atom is 0.255 e. The molecule has 2 unspecified atom stereocenters. The van der Waals surface area contributed by atoms with Crippen molar-refractivity contribution in [1.82, 2.24) is 24.6 Å². The van der Waals surface area contributed by atoms with Crippen LogP contribution in [0.1, 0.15) is 52.4 Å². The first-order valence-electron chi connectivity index (χ1n) is 11.1. The molecule has 8 heteroatoms. The van der Waals surface area contributed by atoms with E-state index < -0.39 is 0 Å². The van der Waals surface area contributed by atoms with E-state index in [2.05, 4.69) is 10.2 Å². The number of hydrogen-bond acceptors (Lipinski definition) is 4. The van der Waals surface area contributed by atoms with Crippen molar-refractivity contribution in [2.75, 3.05) is 26.8 Å². The highest BCUT2D eigenvalue weighted by atomic mass is 19.1. The molecule has 2 fully saturated rings. The number of nitrogens with zero attached hydrogens (tertiary/aromatic N) is 4. The molecule has 168 valence electrons. The third-order valence-corrected chi connectivity index (χ3v) is 6.83. The van der Waals surface area contributed by atoms with Crippen LogP contribution in [0, 0.1) is 18.7 Å². The van der Waals surface area contributed by atoms with Gasteiger partial charge in [-0.1, -0.05) is 0 Å². The van der Waals surface area contributed by atoms with Gasteiger partial charge in [0.2, 0.25) is 0 Å². The van der Waals surface area contributed by atoms with Crippen molar-refractivity contribution in [2.45, 2.75) is 31.6 Å². The predicted octanol–water partition coefficient (Wildman–Crippen LogP) is 3.64. The second-order valence-corrected chi connectivity index (χ2v) is 8.98. The van der Waals surface area contributed by atoms with Crippen molar-refractivity contribution in [3.05, 3.63) is 59.1 Å². The lowest BCUT2D eigenvalue weighted by Gasteiger charge is -2.16. The minimum atomic E-state index is -0.277. The van der Waals surface area contributed by atoms with Crippen molar-refractivity contribution < 1.29 is 13.9 Å². The summed E-state index contributed by atoms with van der Waals surface area (Å²) in [7, 11) is 3.62. The monoisotopic (exact) mass is 437 g/mol. The Hall–Kier alpha value is -3.00. The molecular weight excluding hydrogens is 409 g/mol. The van der Waals surface area contributed by atoms with Gasteiger partial charge in [0.15, 0.2) is 5.82 Å². The van der Waals surface area contributed by atoms with Crippen LogP contribution >= 0.6 is 0 Å². The number of aromatic amines is 1. The lowest BCUT2D eigenvalue weighted by atomic mass is 9.96. The molecule has 2 aliphatic rings. The number of hydrogen-bond donors (Lipinski definition) is 1. The summed E-state index contributed by atoms with van der Waals surface area (Å²) in [6, 6.07) is 8.25. The topological polar surface area (TPSA) is 76.0 Å². The molecule has 3 aromatic rings. The van der Waals surface area contributed by atoms with Crippen LogP contribution in [0.4, 0.5) is 4.39 Å². The number of aromatic nitrogens is 4. The quantitative estimate of drug-likeness (QED) is 0.639. The van der Waals surface area contributed by atoms with Crippen LogP contribution < -0.4 is 0 Å². The molecule has 0 bridgehead atoms. The number of halogens is 1. The summed E-state index contributed by atoms with van der Waals surface area (Å²) >= 11 is 0. The average Bonchev–Trinajstić information content (AvgIpc) is 3.24. The molecule has 1 saturated carbocycles. The molecule has 1 aliphatic carbocycles. The fraction of sp³-hybridized carbons (Fsp3) is 0.458. The highest BCUT2D eigenvalue weighted by Gasteiger charge is 2.40. The molecule has 3 heterocycles. The number of likely N-dealkylation sites (tertiary alicyclic amines) is 1. The standard InChI is InChI=1S/C24H28FN5O2/c1-14-19(10-21(29(14)2)15-6-8-18(25)9-7-15)24(31)30-11-17(13-32-3)20(12-30)23-26-22(27-28-23)16-4-5-16/h6-10,16-17,20H,4-5,11-13H2,1-3H3,(H,26,27,28). The molecule has 32 heavy (non-hydrogen) atoms. The third-order valence-electron chi connectivity index (χ3n) is 6.83. The van der Waals surface area contributed by atoms with Crippen molar-refractivity contribution >= 4 is 5.91 Å². The van der Waals surface area contributed by atoms with Crippen LogP contribution in [-0.4, -0.2) is 57.4 Å². The molecule has 7 nitrogen and oxygen atoms in total. The van der Waals surface area contributed by atoms with E-state index in [-0.39, 0.29) is 23.6 Å². The van der Waals surface area contributed by atoms with Crippen LogP contribution in [-0.2, 0) is 11.8 Å². The lowest BCUT2D eigenvalue weighted by molar-refractivity contribution is 0.0774. The number of carbonyl (C=O) groups is 1. The number of methoxy groups -OCH3 is 1. The Kier molecular flexibility index (Phi) is 5.33. The van der Waals surface area contributed by atoms with Gasteiger partial charge in [0.25, 0.3) is 5.91 Å². The van der Waals surface area contributed by atoms with E-state index >= 15 is 0 Å².